The van der Waals surface area contributed by atoms with Crippen LogP contribution in [0.5, 0.6) is 0 Å². The Morgan fingerprint density at radius 1 is 1.38 bits per heavy atom. The molecule has 2 aromatic heterocycles. The van der Waals surface area contributed by atoms with Crippen LogP contribution in [0.3, 0.4) is 0 Å². The van der Waals surface area contributed by atoms with Crippen molar-refractivity contribution < 1.29 is 9.21 Å². The lowest BCUT2D eigenvalue weighted by Gasteiger charge is -2.18. The summed E-state index contributed by atoms with van der Waals surface area (Å²) in [6.07, 6.45) is 0. The summed E-state index contributed by atoms with van der Waals surface area (Å²) in [4.78, 5) is 19.6. The Kier molecular flexibility index (Phi) is 3.61. The molecule has 5 nitrogen and oxygen atoms in total. The summed E-state index contributed by atoms with van der Waals surface area (Å²) < 4.78 is 5.81. The molecule has 0 unspecified atom stereocenters. The number of nitrogens with zero attached hydrogens (tertiary/aromatic N) is 2. The highest BCUT2D eigenvalue weighted by Gasteiger charge is 2.32. The average Bonchev–Trinajstić information content (AvgIpc) is 3.28. The zero-order valence-electron chi connectivity index (χ0n) is 13.2. The first kappa shape index (κ1) is 15.0. The number of carbonyl (C=O) groups is 1. The van der Waals surface area contributed by atoms with Gasteiger partial charge in [0.1, 0.15) is 11.5 Å². The zero-order chi connectivity index (χ0) is 16.7. The van der Waals surface area contributed by atoms with Crippen LogP contribution in [-0.2, 0) is 11.3 Å². The van der Waals surface area contributed by atoms with Crippen LogP contribution in [0.25, 0.3) is 10.8 Å². The first-order valence-corrected chi connectivity index (χ1v) is 8.65. The van der Waals surface area contributed by atoms with E-state index in [1.807, 2.05) is 48.7 Å². The van der Waals surface area contributed by atoms with Gasteiger partial charge in [0.2, 0.25) is 11.8 Å². The van der Waals surface area contributed by atoms with E-state index in [0.29, 0.717) is 19.0 Å². The summed E-state index contributed by atoms with van der Waals surface area (Å²) in [6.45, 7) is 3.10. The quantitative estimate of drug-likeness (QED) is 0.791. The Morgan fingerprint density at radius 3 is 2.96 bits per heavy atom. The van der Waals surface area contributed by atoms with Crippen molar-refractivity contribution in [3.63, 3.8) is 0 Å². The van der Waals surface area contributed by atoms with Crippen LogP contribution >= 0.6 is 11.3 Å². The van der Waals surface area contributed by atoms with Crippen molar-refractivity contribution in [1.82, 2.24) is 4.98 Å². The van der Waals surface area contributed by atoms with E-state index in [0.717, 1.165) is 27.6 Å². The summed E-state index contributed by atoms with van der Waals surface area (Å²) in [6, 6.07) is 11.9. The first-order valence-electron chi connectivity index (χ1n) is 7.77. The molecular weight excluding hydrogens is 322 g/mol. The number of benzene rings is 1. The third-order valence-corrected chi connectivity index (χ3v) is 5.22. The van der Waals surface area contributed by atoms with Crippen molar-refractivity contribution in [3.05, 3.63) is 58.8 Å². The monoisotopic (exact) mass is 339 g/mol. The molecule has 0 radical (unpaired) electrons. The van der Waals surface area contributed by atoms with Crippen molar-refractivity contribution >= 4 is 22.9 Å². The highest BCUT2D eigenvalue weighted by molar-refractivity contribution is 7.13. The van der Waals surface area contributed by atoms with E-state index in [1.54, 1.807) is 11.3 Å². The van der Waals surface area contributed by atoms with Gasteiger partial charge in [-0.2, -0.15) is 0 Å². The first-order chi connectivity index (χ1) is 11.6. The molecule has 4 rings (SSSR count). The summed E-state index contributed by atoms with van der Waals surface area (Å²) in [5.41, 5.74) is 8.49. The fourth-order valence-electron chi connectivity index (χ4n) is 3.14. The number of primary amides is 1. The molecule has 2 N–H and O–H groups in total. The number of nitrogens with two attached hydrogens (primary N) is 1. The van der Waals surface area contributed by atoms with Gasteiger partial charge in [0.25, 0.3) is 0 Å². The predicted octanol–water partition coefficient (Wildman–Crippen LogP) is 3.30. The fraction of sp³-hybridized carbons (Fsp3) is 0.222. The number of oxazole rings is 1. The van der Waals surface area contributed by atoms with E-state index < -0.39 is 0 Å². The average molecular weight is 339 g/mol. The maximum atomic E-state index is 11.8. The summed E-state index contributed by atoms with van der Waals surface area (Å²) >= 11 is 1.60. The smallest absolute Gasteiger partial charge is 0.236 e. The summed E-state index contributed by atoms with van der Waals surface area (Å²) in [5.74, 6) is 0.890. The van der Waals surface area contributed by atoms with Crippen LogP contribution in [0.4, 0.5) is 5.69 Å². The van der Waals surface area contributed by atoms with Gasteiger partial charge < -0.3 is 15.1 Å². The van der Waals surface area contributed by atoms with E-state index in [1.165, 1.54) is 0 Å². The Morgan fingerprint density at radius 2 is 2.21 bits per heavy atom. The molecule has 0 saturated carbocycles. The Hall–Kier alpha value is -2.60. The van der Waals surface area contributed by atoms with Crippen LogP contribution in [-0.4, -0.2) is 17.4 Å². The SMILES string of the molecule is Cc1oc(-c2cccs2)nc1CN1C[C@H](C(N)=O)c2ccccc21. The van der Waals surface area contributed by atoms with Gasteiger partial charge in [-0.05, 0) is 30.0 Å². The second-order valence-electron chi connectivity index (χ2n) is 5.89. The molecule has 0 saturated heterocycles. The number of carbonyl (C=O) groups excluding carboxylic acids is 1. The number of para-hydroxylation sites is 1. The van der Waals surface area contributed by atoms with Crippen molar-refractivity contribution in [3.8, 4) is 10.8 Å². The molecule has 1 aliphatic rings. The minimum Gasteiger partial charge on any atom is -0.440 e. The van der Waals surface area contributed by atoms with E-state index in [9.17, 15) is 4.79 Å². The third kappa shape index (κ3) is 2.49. The number of anilines is 1. The highest BCUT2D eigenvalue weighted by atomic mass is 32.1. The maximum Gasteiger partial charge on any atom is 0.236 e. The topological polar surface area (TPSA) is 72.4 Å². The molecule has 1 aromatic carbocycles. The van der Waals surface area contributed by atoms with Gasteiger partial charge in [-0.1, -0.05) is 24.3 Å². The van der Waals surface area contributed by atoms with Crippen LogP contribution in [0.15, 0.2) is 46.2 Å². The molecule has 3 heterocycles. The van der Waals surface area contributed by atoms with Gasteiger partial charge in [0.15, 0.2) is 0 Å². The molecule has 0 aliphatic carbocycles. The molecule has 1 amide bonds. The molecule has 0 bridgehead atoms. The second kappa shape index (κ2) is 5.79. The lowest BCUT2D eigenvalue weighted by atomic mass is 10.0. The van der Waals surface area contributed by atoms with Crippen molar-refractivity contribution in [2.24, 2.45) is 5.73 Å². The molecule has 24 heavy (non-hydrogen) atoms. The number of amides is 1. The van der Waals surface area contributed by atoms with E-state index in [-0.39, 0.29) is 11.8 Å². The maximum absolute atomic E-state index is 11.8. The van der Waals surface area contributed by atoms with Gasteiger partial charge in [-0.25, -0.2) is 4.98 Å². The van der Waals surface area contributed by atoms with Gasteiger partial charge >= 0.3 is 0 Å². The Bertz CT molecular complexity index is 886. The van der Waals surface area contributed by atoms with Crippen LogP contribution in [0.1, 0.15) is 22.9 Å². The van der Waals surface area contributed by atoms with Crippen molar-refractivity contribution in [2.45, 2.75) is 19.4 Å². The molecule has 0 spiro atoms. The number of fused-ring (bicyclic) bond motifs is 1. The van der Waals surface area contributed by atoms with Gasteiger partial charge in [-0.3, -0.25) is 4.79 Å². The van der Waals surface area contributed by atoms with Crippen molar-refractivity contribution in [1.29, 1.82) is 0 Å². The number of aromatic nitrogens is 1. The summed E-state index contributed by atoms with van der Waals surface area (Å²) in [7, 11) is 0. The molecule has 3 aromatic rings. The third-order valence-electron chi connectivity index (χ3n) is 4.36. The number of hydrogen-bond donors (Lipinski definition) is 1. The molecule has 122 valence electrons. The van der Waals surface area contributed by atoms with Gasteiger partial charge in [-0.15, -0.1) is 11.3 Å². The molecular formula is C18H17N3O2S. The van der Waals surface area contributed by atoms with Crippen LogP contribution < -0.4 is 10.6 Å². The molecule has 1 aliphatic heterocycles. The minimum atomic E-state index is -0.291. The van der Waals surface area contributed by atoms with E-state index >= 15 is 0 Å². The fourth-order valence-corrected chi connectivity index (χ4v) is 3.79. The standard InChI is InChI=1S/C18H17N3O2S/c1-11-14(20-18(23-11)16-7-4-8-24-16)10-21-9-13(17(19)22)12-5-2-3-6-15(12)21/h2-8,13H,9-10H2,1H3,(H2,19,22)/t13-/m0/s1. The lowest BCUT2D eigenvalue weighted by molar-refractivity contribution is -0.119. The van der Waals surface area contributed by atoms with Crippen LogP contribution in [0.2, 0.25) is 0 Å². The lowest BCUT2D eigenvalue weighted by Crippen LogP contribution is -2.28. The molecule has 0 fully saturated rings. The van der Waals surface area contributed by atoms with Gasteiger partial charge in [0.05, 0.1) is 17.3 Å². The zero-order valence-corrected chi connectivity index (χ0v) is 14.0. The Labute approximate surface area is 143 Å². The highest BCUT2D eigenvalue weighted by Crippen LogP contribution is 2.37. The van der Waals surface area contributed by atoms with Gasteiger partial charge in [0, 0.05) is 12.2 Å². The molecule has 1 atom stereocenters. The van der Waals surface area contributed by atoms with Crippen LogP contribution in [0, 0.1) is 6.92 Å². The second-order valence-corrected chi connectivity index (χ2v) is 6.84. The normalized spacial score (nSPS) is 16.4. The van der Waals surface area contributed by atoms with E-state index in [4.69, 9.17) is 10.2 Å². The minimum absolute atomic E-state index is 0.273. The van der Waals surface area contributed by atoms with Crippen molar-refractivity contribution in [2.75, 3.05) is 11.4 Å². The number of rotatable bonds is 4. The van der Waals surface area contributed by atoms with E-state index in [2.05, 4.69) is 9.88 Å². The number of aryl methyl sites for hydroxylation is 1. The summed E-state index contributed by atoms with van der Waals surface area (Å²) in [5, 5.41) is 2.00. The number of hydrogen-bond acceptors (Lipinski definition) is 5. The molecule has 6 heteroatoms. The predicted molar refractivity (Wildman–Crippen MR) is 94.0 cm³/mol. The number of thiophene rings is 1. The largest absolute Gasteiger partial charge is 0.440 e. The Balaban J connectivity index is 1.64.